The molecule has 5 aliphatic rings. The number of likely N-dealkylation sites (N-methyl/N-ethyl adjacent to an activating group) is 1. The van der Waals surface area contributed by atoms with E-state index in [9.17, 15) is 15.3 Å². The smallest absolute Gasteiger partial charge is 0.322 e. The number of nitrogens with two attached hydrogens (primary N) is 1. The van der Waals surface area contributed by atoms with Gasteiger partial charge in [0, 0.05) is 94.8 Å². The number of unbranched alkanes of at least 4 members (excludes halogenated alkanes) is 1. The van der Waals surface area contributed by atoms with Gasteiger partial charge in [0.05, 0.1) is 19.8 Å². The number of rotatable bonds is 16. The number of esters is 1. The molecule has 2 fully saturated rings. The lowest BCUT2D eigenvalue weighted by Gasteiger charge is -2.63. The first-order valence-corrected chi connectivity index (χ1v) is 34.8. The first-order chi connectivity index (χ1) is 35.5. The van der Waals surface area contributed by atoms with E-state index in [4.69, 9.17) is 19.3 Å². The average molecular weight is 1080 g/mol. The molecule has 0 amide bonds. The number of benzene rings is 2. The first kappa shape index (κ1) is 56.0. The molecule has 1 saturated heterocycles. The lowest BCUT2D eigenvalue weighted by Crippen LogP contribution is -2.77. The fourth-order valence-corrected chi connectivity index (χ4v) is 25.9. The SMILES string of the molecule is CC[C@]1(O)C[C@H](C)C[C@](C(=O)OC)(c2cc3c(cc2OC)C(N)[C@H]2[C@@](O)(C(=O)CCCC[Si](C)(C)O[Si](C)(C)CSc4ncc(C)cn4)[C@H](O)[C@]4(CC)C=CCN5CC[C@]32[C@@H]54)c2[nH]c3ccccc3c2CCN(C)C1. The number of carbonyl (C=O) groups is 2. The van der Waals surface area contributed by atoms with Gasteiger partial charge in [0.1, 0.15) is 17.3 Å². The number of aliphatic hydroxyl groups excluding tert-OH is 1. The number of β-amino-alcohol motifs (C(OH)–C–C–N with tert-alkyl or cyclic N) is 1. The molecule has 9 rings (SSSR count). The molecule has 14 nitrogen and oxygen atoms in total. The van der Waals surface area contributed by atoms with Crippen molar-refractivity contribution in [3.05, 3.63) is 94.5 Å². The minimum Gasteiger partial charge on any atom is -0.496 e. The molecule has 2 aliphatic carbocycles. The van der Waals surface area contributed by atoms with Crippen LogP contribution in [0, 0.1) is 24.2 Å². The third-order valence-electron chi connectivity index (χ3n) is 18.4. The third-order valence-corrected chi connectivity index (χ3v) is 28.2. The molecule has 0 bridgehead atoms. The second-order valence-electron chi connectivity index (χ2n) is 24.5. The summed E-state index contributed by atoms with van der Waals surface area (Å²) >= 11 is 1.64. The van der Waals surface area contributed by atoms with Crippen LogP contribution in [0.4, 0.5) is 0 Å². The fraction of sp³-hybridized carbons (Fsp3) is 0.621. The molecule has 10 atom stereocenters. The molecule has 5 heterocycles. The minimum absolute atomic E-state index is 0.0768. The quantitative estimate of drug-likeness (QED) is 0.0180. The van der Waals surface area contributed by atoms with Crippen LogP contribution < -0.4 is 10.5 Å². The molecular weight excluding hydrogens is 997 g/mol. The standard InChI is InChI=1S/C58H84N6O8SSi2/c1-12-54(68)31-37(3)32-57(52(67)71-7,49-40(22-26-63(5)35-54)39-19-14-15-20-44(39)62-49)43-30-42-41(29-45(43)70-6)47(59)48-56(42)24-27-64-25-18-23-55(13-2,50(56)64)51(66)58(48,69)46(65)21-16-17-28-74(8,9)72-75(10,11)36-73-53-60-33-38(4)34-61-53/h14-15,18-20,23,29-30,33-34,37,47-48,50-51,62,66,68-69H,12-13,16-17,21-22,24-28,31-32,35-36,59H2,1-11H3/t37-,47?,48+,50-,51+,54-,55+,56-,57-,58-/m0/s1. The molecule has 1 unspecified atom stereocenters. The average Bonchev–Trinajstić information content (AvgIpc) is 4.10. The molecular formula is C58H84N6O8SSi2. The molecule has 2 aromatic heterocycles. The number of hydrogen-bond acceptors (Lipinski definition) is 14. The minimum atomic E-state index is -2.21. The van der Waals surface area contributed by atoms with Crippen molar-refractivity contribution < 1.29 is 38.5 Å². The summed E-state index contributed by atoms with van der Waals surface area (Å²) in [5, 5.41) is 41.7. The fourth-order valence-electron chi connectivity index (χ4n) is 15.5. The first-order valence-electron chi connectivity index (χ1n) is 27.5. The third kappa shape index (κ3) is 9.43. The number of carbonyl (C=O) groups excluding carboxylic acids is 2. The topological polar surface area (TPSA) is 197 Å². The second kappa shape index (κ2) is 20.8. The Morgan fingerprint density at radius 2 is 1.72 bits per heavy atom. The molecule has 4 aromatic rings. The van der Waals surface area contributed by atoms with Crippen molar-refractivity contribution in [1.29, 1.82) is 0 Å². The zero-order valence-corrected chi connectivity index (χ0v) is 49.2. The van der Waals surface area contributed by atoms with Crippen molar-refractivity contribution >= 4 is 51.1 Å². The number of aryl methyl sites for hydroxylation is 1. The van der Waals surface area contributed by atoms with Gasteiger partial charge < -0.3 is 44.5 Å². The van der Waals surface area contributed by atoms with E-state index < -0.39 is 68.1 Å². The highest BCUT2D eigenvalue weighted by atomic mass is 32.2. The normalized spacial score (nSPS) is 32.1. The van der Waals surface area contributed by atoms with Gasteiger partial charge in [-0.1, -0.05) is 69.3 Å². The number of thioether (sulfide) groups is 1. The molecule has 1 saturated carbocycles. The predicted molar refractivity (Wildman–Crippen MR) is 301 cm³/mol. The molecule has 6 N–H and O–H groups in total. The highest BCUT2D eigenvalue weighted by molar-refractivity contribution is 8.00. The lowest BCUT2D eigenvalue weighted by molar-refractivity contribution is -0.221. The number of fused-ring (bicyclic) bond motifs is 4. The van der Waals surface area contributed by atoms with E-state index in [-0.39, 0.29) is 30.6 Å². The van der Waals surface area contributed by atoms with Crippen LogP contribution in [0.2, 0.25) is 32.2 Å². The van der Waals surface area contributed by atoms with Gasteiger partial charge in [-0.15, -0.1) is 0 Å². The molecule has 1 spiro atoms. The van der Waals surface area contributed by atoms with Gasteiger partial charge in [-0.05, 0) is 144 Å². The highest BCUT2D eigenvalue weighted by Crippen LogP contribution is 2.70. The van der Waals surface area contributed by atoms with E-state index in [0.29, 0.717) is 76.0 Å². The number of H-pyrrole nitrogens is 1. The number of ketones is 1. The number of aromatic amines is 1. The number of nitrogens with one attached hydrogen (secondary N) is 1. The van der Waals surface area contributed by atoms with Crippen LogP contribution in [0.1, 0.15) is 112 Å². The Kier molecular flexibility index (Phi) is 15.5. The summed E-state index contributed by atoms with van der Waals surface area (Å²) in [6, 6.07) is 11.9. The van der Waals surface area contributed by atoms with E-state index in [1.54, 1.807) is 18.9 Å². The molecule has 0 radical (unpaired) electrons. The van der Waals surface area contributed by atoms with Crippen LogP contribution in [0.25, 0.3) is 10.9 Å². The Labute approximate surface area is 451 Å². The van der Waals surface area contributed by atoms with Crippen molar-refractivity contribution in [2.75, 3.05) is 52.8 Å². The zero-order valence-electron chi connectivity index (χ0n) is 46.4. The number of Topliss-reactive ketones (excluding diaryl/α,β-unsaturated/α-hetero) is 1. The maximum atomic E-state index is 15.6. The van der Waals surface area contributed by atoms with Gasteiger partial charge in [0.2, 0.25) is 0 Å². The summed E-state index contributed by atoms with van der Waals surface area (Å²) in [6.07, 6.45) is 10.7. The maximum absolute atomic E-state index is 15.6. The van der Waals surface area contributed by atoms with Crippen LogP contribution in [-0.4, -0.2) is 145 Å². The number of para-hydroxylation sites is 1. The van der Waals surface area contributed by atoms with E-state index >= 15 is 9.59 Å². The Balaban J connectivity index is 1.13. The zero-order chi connectivity index (χ0) is 54.1. The summed E-state index contributed by atoms with van der Waals surface area (Å²) in [7, 11) is 0.814. The van der Waals surface area contributed by atoms with Gasteiger partial charge >= 0.3 is 5.97 Å². The lowest BCUT2D eigenvalue weighted by atomic mass is 9.45. The van der Waals surface area contributed by atoms with Gasteiger partial charge in [-0.25, -0.2) is 9.97 Å². The summed E-state index contributed by atoms with van der Waals surface area (Å²) in [4.78, 5) is 48.4. The monoisotopic (exact) mass is 1080 g/mol. The van der Waals surface area contributed by atoms with Crippen LogP contribution >= 0.6 is 11.8 Å². The van der Waals surface area contributed by atoms with E-state index in [0.717, 1.165) is 61.8 Å². The Morgan fingerprint density at radius 1 is 0.987 bits per heavy atom. The van der Waals surface area contributed by atoms with Crippen molar-refractivity contribution in [3.63, 3.8) is 0 Å². The van der Waals surface area contributed by atoms with E-state index in [1.165, 1.54) is 7.11 Å². The molecule has 3 aliphatic heterocycles. The number of hydrogen-bond donors (Lipinski definition) is 5. The number of aromatic nitrogens is 3. The van der Waals surface area contributed by atoms with E-state index in [1.807, 2.05) is 57.6 Å². The number of aliphatic hydroxyl groups is 3. The largest absolute Gasteiger partial charge is 0.496 e. The summed E-state index contributed by atoms with van der Waals surface area (Å²) in [5.74, 6) is -1.48. The summed E-state index contributed by atoms with van der Waals surface area (Å²) in [5.41, 5.74) is 6.91. The predicted octanol–water partition coefficient (Wildman–Crippen LogP) is 8.29. The number of nitrogens with zero attached hydrogens (tertiary/aromatic N) is 4. The van der Waals surface area contributed by atoms with Gasteiger partial charge in [-0.3, -0.25) is 14.5 Å². The Morgan fingerprint density at radius 3 is 2.41 bits per heavy atom. The van der Waals surface area contributed by atoms with Gasteiger partial charge in [0.25, 0.3) is 0 Å². The van der Waals surface area contributed by atoms with Gasteiger partial charge in [-0.2, -0.15) is 0 Å². The van der Waals surface area contributed by atoms with Gasteiger partial charge in [0.15, 0.2) is 33.2 Å². The van der Waals surface area contributed by atoms with Crippen LogP contribution in [0.3, 0.4) is 0 Å². The van der Waals surface area contributed by atoms with Crippen LogP contribution in [-0.2, 0) is 35.7 Å². The molecule has 75 heavy (non-hydrogen) atoms. The van der Waals surface area contributed by atoms with Crippen LogP contribution in [0.15, 0.2) is 66.1 Å². The highest BCUT2D eigenvalue weighted by Gasteiger charge is 2.78. The van der Waals surface area contributed by atoms with Crippen molar-refractivity contribution in [3.8, 4) is 5.75 Å². The Bertz CT molecular complexity index is 2810. The molecule has 408 valence electrons. The second-order valence-corrected chi connectivity index (χ2v) is 34.7. The van der Waals surface area contributed by atoms with Crippen LogP contribution in [0.5, 0.6) is 5.75 Å². The maximum Gasteiger partial charge on any atom is 0.322 e. The van der Waals surface area contributed by atoms with E-state index in [2.05, 4.69) is 89.1 Å². The van der Waals surface area contributed by atoms with Crippen molar-refractivity contribution in [1.82, 2.24) is 24.8 Å². The molecule has 2 aromatic carbocycles. The number of ether oxygens (including phenoxy) is 2. The van der Waals surface area contributed by atoms with Crippen molar-refractivity contribution in [2.24, 2.45) is 23.0 Å². The number of methoxy groups -OCH3 is 2. The molecule has 17 heteroatoms. The van der Waals surface area contributed by atoms with Crippen molar-refractivity contribution in [2.45, 2.75) is 163 Å². The summed E-state index contributed by atoms with van der Waals surface area (Å²) in [6.45, 7) is 19.6. The summed E-state index contributed by atoms with van der Waals surface area (Å²) < 4.78 is 19.5. The Hall–Kier alpha value is -3.76.